The Morgan fingerprint density at radius 2 is 1.94 bits per heavy atom. The number of halogens is 1. The molecule has 1 heterocycles. The summed E-state index contributed by atoms with van der Waals surface area (Å²) >= 11 is 5.15. The molecule has 0 unspecified atom stereocenters. The summed E-state index contributed by atoms with van der Waals surface area (Å²) in [5.41, 5.74) is 8.20. The minimum absolute atomic E-state index is 0.495. The van der Waals surface area contributed by atoms with E-state index >= 15 is 0 Å². The molecule has 0 saturated carbocycles. The molecule has 0 aliphatic carbocycles. The van der Waals surface area contributed by atoms with Crippen LogP contribution in [0.5, 0.6) is 0 Å². The minimum Gasteiger partial charge on any atom is -0.325 e. The molecule has 1 aromatic carbocycles. The van der Waals surface area contributed by atoms with Crippen molar-refractivity contribution in [3.8, 4) is 10.4 Å². The maximum Gasteiger partial charge on any atom is 0.125 e. The van der Waals surface area contributed by atoms with E-state index in [4.69, 9.17) is 5.73 Å². The molecule has 0 radical (unpaired) electrons. The van der Waals surface area contributed by atoms with Gasteiger partial charge in [0.2, 0.25) is 0 Å². The Labute approximate surface area is 120 Å². The van der Waals surface area contributed by atoms with Crippen molar-refractivity contribution in [1.29, 1.82) is 0 Å². The second kappa shape index (κ2) is 5.95. The van der Waals surface area contributed by atoms with Gasteiger partial charge in [-0.1, -0.05) is 38.1 Å². The number of nitrogens with two attached hydrogens (primary N) is 1. The topological polar surface area (TPSA) is 38.9 Å². The zero-order valence-corrected chi connectivity index (χ0v) is 13.0. The van der Waals surface area contributed by atoms with Gasteiger partial charge >= 0.3 is 0 Å². The molecule has 0 spiro atoms. The highest BCUT2D eigenvalue weighted by Gasteiger charge is 2.10. The zero-order chi connectivity index (χ0) is 13.1. The number of nitrogens with zero attached hydrogens (tertiary/aromatic N) is 1. The van der Waals surface area contributed by atoms with Crippen LogP contribution in [0.3, 0.4) is 0 Å². The Morgan fingerprint density at radius 3 is 2.44 bits per heavy atom. The minimum atomic E-state index is 0.495. The fraction of sp³-hybridized carbons (Fsp3) is 0.357. The van der Waals surface area contributed by atoms with Gasteiger partial charge < -0.3 is 5.73 Å². The fourth-order valence-corrected chi connectivity index (χ4v) is 3.51. The Balaban J connectivity index is 2.25. The first kappa shape index (κ1) is 13.7. The van der Waals surface area contributed by atoms with E-state index < -0.39 is 0 Å². The van der Waals surface area contributed by atoms with Crippen LogP contribution in [0, 0.1) is 5.92 Å². The number of benzene rings is 1. The third-order valence-corrected chi connectivity index (χ3v) is 4.63. The summed E-state index contributed by atoms with van der Waals surface area (Å²) in [6.45, 7) is 4.97. The predicted octanol–water partition coefficient (Wildman–Crippen LogP) is 4.23. The molecule has 0 bridgehead atoms. The van der Waals surface area contributed by atoms with Crippen molar-refractivity contribution in [3.63, 3.8) is 0 Å². The lowest BCUT2D eigenvalue weighted by Gasteiger charge is -2.05. The maximum absolute atomic E-state index is 5.62. The summed E-state index contributed by atoms with van der Waals surface area (Å²) in [7, 11) is 0. The molecule has 2 nitrogen and oxygen atoms in total. The lowest BCUT2D eigenvalue weighted by Crippen LogP contribution is -1.93. The normalized spacial score (nSPS) is 11.2. The first-order chi connectivity index (χ1) is 8.60. The summed E-state index contributed by atoms with van der Waals surface area (Å²) in [5.74, 6) is 0.690. The molecule has 0 saturated heterocycles. The average molecular weight is 325 g/mol. The van der Waals surface area contributed by atoms with Crippen LogP contribution >= 0.6 is 27.3 Å². The van der Waals surface area contributed by atoms with E-state index in [1.807, 2.05) is 0 Å². The maximum atomic E-state index is 5.62. The summed E-state index contributed by atoms with van der Waals surface area (Å²) in [6.07, 6.45) is 1.12. The van der Waals surface area contributed by atoms with Gasteiger partial charge in [0.25, 0.3) is 0 Å². The highest BCUT2D eigenvalue weighted by atomic mass is 79.9. The number of thiazole rings is 1. The Kier molecular flexibility index (Phi) is 4.54. The van der Waals surface area contributed by atoms with Gasteiger partial charge in [-0.15, -0.1) is 11.3 Å². The molecule has 4 heteroatoms. The first-order valence-electron chi connectivity index (χ1n) is 6.04. The van der Waals surface area contributed by atoms with Gasteiger partial charge in [0, 0.05) is 6.54 Å². The van der Waals surface area contributed by atoms with Crippen molar-refractivity contribution in [2.45, 2.75) is 26.8 Å². The van der Waals surface area contributed by atoms with Crippen molar-refractivity contribution in [2.24, 2.45) is 11.7 Å². The van der Waals surface area contributed by atoms with Gasteiger partial charge in [0.15, 0.2) is 0 Å². The molecule has 0 aliphatic rings. The van der Waals surface area contributed by atoms with Gasteiger partial charge in [-0.05, 0) is 39.4 Å². The fourth-order valence-electron chi connectivity index (χ4n) is 1.87. The van der Waals surface area contributed by atoms with Gasteiger partial charge in [-0.25, -0.2) is 4.98 Å². The van der Waals surface area contributed by atoms with Gasteiger partial charge in [0.1, 0.15) is 9.61 Å². The van der Waals surface area contributed by atoms with E-state index in [-0.39, 0.29) is 0 Å². The van der Waals surface area contributed by atoms with Crippen molar-refractivity contribution < 1.29 is 0 Å². The van der Waals surface area contributed by atoms with E-state index in [0.29, 0.717) is 12.5 Å². The summed E-state index contributed by atoms with van der Waals surface area (Å²) in [6, 6.07) is 8.72. The van der Waals surface area contributed by atoms with Crippen molar-refractivity contribution in [1.82, 2.24) is 4.98 Å². The standard InChI is InChI=1S/C14H17BrN2S/c1-9(2)7-10-3-5-11(6-4-10)13-14(15)17-12(8-16)18-13/h3-6,9H,7-8,16H2,1-2H3. The van der Waals surface area contributed by atoms with Crippen LogP contribution in [0.1, 0.15) is 24.4 Å². The lowest BCUT2D eigenvalue weighted by atomic mass is 10.0. The molecule has 2 rings (SSSR count). The zero-order valence-electron chi connectivity index (χ0n) is 10.6. The van der Waals surface area contributed by atoms with E-state index in [1.54, 1.807) is 11.3 Å². The summed E-state index contributed by atoms with van der Waals surface area (Å²) in [5, 5.41) is 0.961. The lowest BCUT2D eigenvalue weighted by molar-refractivity contribution is 0.647. The number of hydrogen-bond acceptors (Lipinski definition) is 3. The van der Waals surface area contributed by atoms with E-state index in [9.17, 15) is 0 Å². The summed E-state index contributed by atoms with van der Waals surface area (Å²) in [4.78, 5) is 5.55. The molecule has 2 aromatic rings. The van der Waals surface area contributed by atoms with E-state index in [0.717, 1.165) is 20.9 Å². The highest BCUT2D eigenvalue weighted by molar-refractivity contribution is 9.10. The van der Waals surface area contributed by atoms with Crippen LogP contribution in [0.4, 0.5) is 0 Å². The molecular formula is C14H17BrN2S. The third-order valence-electron chi connectivity index (χ3n) is 2.66. The highest BCUT2D eigenvalue weighted by Crippen LogP contribution is 2.34. The molecule has 1 aromatic heterocycles. The van der Waals surface area contributed by atoms with Crippen molar-refractivity contribution >= 4 is 27.3 Å². The van der Waals surface area contributed by atoms with Gasteiger partial charge in [0.05, 0.1) is 4.88 Å². The Morgan fingerprint density at radius 1 is 1.28 bits per heavy atom. The van der Waals surface area contributed by atoms with Crippen LogP contribution in [0.25, 0.3) is 10.4 Å². The Bertz CT molecular complexity index is 517. The quantitative estimate of drug-likeness (QED) is 0.914. The molecule has 96 valence electrons. The number of hydrogen-bond donors (Lipinski definition) is 1. The second-order valence-corrected chi connectivity index (χ2v) is 6.56. The first-order valence-corrected chi connectivity index (χ1v) is 7.65. The second-order valence-electron chi connectivity index (χ2n) is 4.73. The van der Waals surface area contributed by atoms with Crippen molar-refractivity contribution in [2.75, 3.05) is 0 Å². The van der Waals surface area contributed by atoms with Crippen LogP contribution < -0.4 is 5.73 Å². The summed E-state index contributed by atoms with van der Waals surface area (Å²) < 4.78 is 0.893. The van der Waals surface area contributed by atoms with Gasteiger partial charge in [-0.3, -0.25) is 0 Å². The molecule has 0 amide bonds. The van der Waals surface area contributed by atoms with Gasteiger partial charge in [-0.2, -0.15) is 0 Å². The SMILES string of the molecule is CC(C)Cc1ccc(-c2sc(CN)nc2Br)cc1. The monoisotopic (exact) mass is 324 g/mol. The average Bonchev–Trinajstić information content (AvgIpc) is 2.71. The number of aromatic nitrogens is 1. The van der Waals surface area contributed by atoms with Crippen LogP contribution in [-0.2, 0) is 13.0 Å². The molecular weight excluding hydrogens is 308 g/mol. The Hall–Kier alpha value is -0.710. The molecule has 0 atom stereocenters. The molecule has 18 heavy (non-hydrogen) atoms. The molecule has 0 fully saturated rings. The largest absolute Gasteiger partial charge is 0.325 e. The molecule has 2 N–H and O–H groups in total. The van der Waals surface area contributed by atoms with Crippen LogP contribution in [0.15, 0.2) is 28.9 Å². The van der Waals surface area contributed by atoms with Crippen LogP contribution in [0.2, 0.25) is 0 Å². The van der Waals surface area contributed by atoms with Crippen molar-refractivity contribution in [3.05, 3.63) is 39.4 Å². The van der Waals surface area contributed by atoms with E-state index in [1.165, 1.54) is 11.1 Å². The van der Waals surface area contributed by atoms with E-state index in [2.05, 4.69) is 59.0 Å². The van der Waals surface area contributed by atoms with Crippen LogP contribution in [-0.4, -0.2) is 4.98 Å². The third kappa shape index (κ3) is 3.19. The number of rotatable bonds is 4. The molecule has 0 aliphatic heterocycles. The smallest absolute Gasteiger partial charge is 0.125 e. The predicted molar refractivity (Wildman–Crippen MR) is 81.7 cm³/mol.